The minimum atomic E-state index is -0.518. The maximum absolute atomic E-state index is 11.7. The van der Waals surface area contributed by atoms with Gasteiger partial charge in [0.15, 0.2) is 0 Å². The molecule has 7 nitrogen and oxygen atoms in total. The predicted molar refractivity (Wildman–Crippen MR) is 106 cm³/mol. The molecule has 1 saturated heterocycles. The normalized spacial score (nSPS) is 14.1. The topological polar surface area (TPSA) is 79.6 Å². The Bertz CT molecular complexity index is 1060. The van der Waals surface area contributed by atoms with Crippen LogP contribution in [0.25, 0.3) is 11.3 Å². The molecule has 1 fully saturated rings. The lowest BCUT2D eigenvalue weighted by molar-refractivity contribution is -0.118. The van der Waals surface area contributed by atoms with E-state index in [1.807, 2.05) is 66.3 Å². The first-order valence-electron chi connectivity index (χ1n) is 8.92. The number of nitrogens with one attached hydrogen (secondary N) is 1. The van der Waals surface area contributed by atoms with Gasteiger partial charge in [0.2, 0.25) is 5.91 Å². The number of aromatic nitrogens is 2. The number of nitrogens with zero attached hydrogens (tertiary/aromatic N) is 4. The third-order valence-corrected chi connectivity index (χ3v) is 4.38. The summed E-state index contributed by atoms with van der Waals surface area (Å²) >= 11 is 0. The number of amides is 3. The first-order valence-corrected chi connectivity index (χ1v) is 8.92. The van der Waals surface area contributed by atoms with Crippen LogP contribution in [-0.2, 0) is 11.3 Å². The van der Waals surface area contributed by atoms with E-state index in [1.54, 1.807) is 6.21 Å². The van der Waals surface area contributed by atoms with Crippen molar-refractivity contribution in [2.75, 3.05) is 6.54 Å². The molecular weight excluding hydrogens is 354 g/mol. The zero-order valence-electron chi connectivity index (χ0n) is 15.4. The Labute approximate surface area is 162 Å². The first-order chi connectivity index (χ1) is 13.6. The molecule has 2 aromatic carbocycles. The molecule has 0 aliphatic carbocycles. The Kier molecular flexibility index (Phi) is 4.72. The Morgan fingerprint density at radius 3 is 2.68 bits per heavy atom. The maximum atomic E-state index is 11.7. The number of hydrogen-bond acceptors (Lipinski definition) is 4. The lowest BCUT2D eigenvalue weighted by Gasteiger charge is -2.04. The second kappa shape index (κ2) is 7.48. The molecule has 0 saturated carbocycles. The largest absolute Gasteiger partial charge is 0.344 e. The summed E-state index contributed by atoms with van der Waals surface area (Å²) in [5.41, 5.74) is 4.77. The van der Waals surface area contributed by atoms with E-state index < -0.39 is 6.03 Å². The molecule has 1 aromatic heterocycles. The fourth-order valence-corrected chi connectivity index (χ4v) is 3.06. The Morgan fingerprint density at radius 2 is 1.96 bits per heavy atom. The van der Waals surface area contributed by atoms with E-state index in [9.17, 15) is 9.59 Å². The predicted octanol–water partition coefficient (Wildman–Crippen LogP) is 2.79. The number of carbonyl (C=O) groups excluding carboxylic acids is 2. The standard InChI is InChI=1S/C21H19N5O2/c1-15-6-5-9-17(10-15)20-18(11-22-26-14-19(27)23-21(26)28)13-25(24-20)12-16-7-3-2-4-8-16/h2-11,13H,12,14H2,1H3,(H,23,27,28)/b22-11-. The number of carbonyl (C=O) groups is 2. The molecule has 0 bridgehead atoms. The van der Waals surface area contributed by atoms with Crippen LogP contribution in [0.1, 0.15) is 16.7 Å². The van der Waals surface area contributed by atoms with Gasteiger partial charge in [-0.05, 0) is 18.6 Å². The van der Waals surface area contributed by atoms with E-state index >= 15 is 0 Å². The molecule has 140 valence electrons. The van der Waals surface area contributed by atoms with Gasteiger partial charge in [-0.2, -0.15) is 10.2 Å². The number of benzene rings is 2. The molecule has 3 aromatic rings. The van der Waals surface area contributed by atoms with Gasteiger partial charge in [-0.15, -0.1) is 0 Å². The van der Waals surface area contributed by atoms with Gasteiger partial charge < -0.3 is 0 Å². The van der Waals surface area contributed by atoms with Crippen molar-refractivity contribution in [3.8, 4) is 11.3 Å². The van der Waals surface area contributed by atoms with Crippen molar-refractivity contribution in [2.24, 2.45) is 5.10 Å². The number of hydrogen-bond donors (Lipinski definition) is 1. The molecule has 3 amide bonds. The Morgan fingerprint density at radius 1 is 1.14 bits per heavy atom. The van der Waals surface area contributed by atoms with Gasteiger partial charge >= 0.3 is 6.03 Å². The van der Waals surface area contributed by atoms with E-state index in [2.05, 4.69) is 16.5 Å². The van der Waals surface area contributed by atoms with Gasteiger partial charge in [-0.25, -0.2) is 9.80 Å². The highest BCUT2D eigenvalue weighted by molar-refractivity contribution is 6.02. The Balaban J connectivity index is 1.68. The van der Waals surface area contributed by atoms with E-state index in [0.29, 0.717) is 6.54 Å². The highest BCUT2D eigenvalue weighted by Crippen LogP contribution is 2.22. The average molecular weight is 373 g/mol. The van der Waals surface area contributed by atoms with Crippen LogP contribution in [0.5, 0.6) is 0 Å². The van der Waals surface area contributed by atoms with E-state index in [1.165, 1.54) is 0 Å². The number of aryl methyl sites for hydroxylation is 1. The van der Waals surface area contributed by atoms with Crippen LogP contribution in [-0.4, -0.2) is 39.5 Å². The van der Waals surface area contributed by atoms with Crippen molar-refractivity contribution in [1.29, 1.82) is 0 Å². The van der Waals surface area contributed by atoms with Crippen LogP contribution in [0.15, 0.2) is 65.9 Å². The fourth-order valence-electron chi connectivity index (χ4n) is 3.06. The molecule has 1 aliphatic rings. The lowest BCUT2D eigenvalue weighted by Crippen LogP contribution is -2.24. The van der Waals surface area contributed by atoms with Crippen LogP contribution < -0.4 is 5.32 Å². The van der Waals surface area contributed by atoms with Gasteiger partial charge in [0.05, 0.1) is 12.8 Å². The van der Waals surface area contributed by atoms with Gasteiger partial charge in [-0.1, -0.05) is 54.1 Å². The number of hydrazone groups is 1. The number of rotatable bonds is 5. The summed E-state index contributed by atoms with van der Waals surface area (Å²) in [5, 5.41) is 12.2. The molecule has 0 spiro atoms. The zero-order valence-corrected chi connectivity index (χ0v) is 15.4. The summed E-state index contributed by atoms with van der Waals surface area (Å²) in [7, 11) is 0. The molecule has 0 radical (unpaired) electrons. The zero-order chi connectivity index (χ0) is 19.5. The summed E-state index contributed by atoms with van der Waals surface area (Å²) in [4.78, 5) is 23.1. The van der Waals surface area contributed by atoms with E-state index in [4.69, 9.17) is 5.10 Å². The van der Waals surface area contributed by atoms with Gasteiger partial charge in [0, 0.05) is 17.3 Å². The quantitative estimate of drug-likeness (QED) is 0.552. The molecule has 0 atom stereocenters. The summed E-state index contributed by atoms with van der Waals surface area (Å²) in [6, 6.07) is 17.6. The molecule has 2 heterocycles. The third-order valence-electron chi connectivity index (χ3n) is 4.38. The van der Waals surface area contributed by atoms with Crippen molar-refractivity contribution in [3.63, 3.8) is 0 Å². The van der Waals surface area contributed by atoms with Crippen LogP contribution in [0.4, 0.5) is 4.79 Å². The van der Waals surface area contributed by atoms with Crippen molar-refractivity contribution in [1.82, 2.24) is 20.1 Å². The molecule has 0 unspecified atom stereocenters. The van der Waals surface area contributed by atoms with Gasteiger partial charge in [0.1, 0.15) is 12.2 Å². The fraction of sp³-hybridized carbons (Fsp3) is 0.143. The SMILES string of the molecule is Cc1cccc(-c2nn(Cc3ccccc3)cc2/C=N\N2CC(=O)NC2=O)c1. The highest BCUT2D eigenvalue weighted by Gasteiger charge is 2.26. The number of urea groups is 1. The molecule has 4 rings (SSSR count). The summed E-state index contributed by atoms with van der Waals surface area (Å²) < 4.78 is 1.85. The van der Waals surface area contributed by atoms with Crippen molar-refractivity contribution in [2.45, 2.75) is 13.5 Å². The van der Waals surface area contributed by atoms with Gasteiger partial charge in [0.25, 0.3) is 0 Å². The van der Waals surface area contributed by atoms with Crippen LogP contribution >= 0.6 is 0 Å². The number of imide groups is 1. The van der Waals surface area contributed by atoms with Gasteiger partial charge in [-0.3, -0.25) is 14.8 Å². The molecule has 7 heteroatoms. The summed E-state index contributed by atoms with van der Waals surface area (Å²) in [6.07, 6.45) is 3.47. The van der Waals surface area contributed by atoms with Crippen LogP contribution in [0.3, 0.4) is 0 Å². The second-order valence-corrected chi connectivity index (χ2v) is 6.64. The Hall–Kier alpha value is -3.74. The molecule has 1 N–H and O–H groups in total. The summed E-state index contributed by atoms with van der Waals surface area (Å²) in [5.74, 6) is -0.360. The van der Waals surface area contributed by atoms with Crippen molar-refractivity contribution in [3.05, 3.63) is 77.5 Å². The highest BCUT2D eigenvalue weighted by atomic mass is 16.2. The minimum Gasteiger partial charge on any atom is -0.275 e. The maximum Gasteiger partial charge on any atom is 0.344 e. The average Bonchev–Trinajstić information content (AvgIpc) is 3.23. The summed E-state index contributed by atoms with van der Waals surface area (Å²) in [6.45, 7) is 2.57. The van der Waals surface area contributed by atoms with E-state index in [-0.39, 0.29) is 12.5 Å². The third kappa shape index (κ3) is 3.83. The first kappa shape index (κ1) is 17.7. The molecule has 28 heavy (non-hydrogen) atoms. The monoisotopic (exact) mass is 373 g/mol. The van der Waals surface area contributed by atoms with Crippen LogP contribution in [0, 0.1) is 6.92 Å². The lowest BCUT2D eigenvalue weighted by atomic mass is 10.1. The van der Waals surface area contributed by atoms with E-state index in [0.717, 1.165) is 33.0 Å². The smallest absolute Gasteiger partial charge is 0.275 e. The minimum absolute atomic E-state index is 0.0761. The second-order valence-electron chi connectivity index (χ2n) is 6.64. The molecular formula is C21H19N5O2. The van der Waals surface area contributed by atoms with Crippen molar-refractivity contribution < 1.29 is 9.59 Å². The van der Waals surface area contributed by atoms with Crippen LogP contribution in [0.2, 0.25) is 0 Å². The van der Waals surface area contributed by atoms with Crippen molar-refractivity contribution >= 4 is 18.2 Å². The molecule has 1 aliphatic heterocycles.